The molecule has 0 atom stereocenters. The van der Waals surface area contributed by atoms with Crippen LogP contribution in [0.3, 0.4) is 0 Å². The van der Waals surface area contributed by atoms with E-state index in [9.17, 15) is 8.42 Å². The summed E-state index contributed by atoms with van der Waals surface area (Å²) in [5, 5.41) is 12.2. The molecule has 2 N–H and O–H groups in total. The van der Waals surface area contributed by atoms with Crippen molar-refractivity contribution >= 4 is 22.4 Å². The van der Waals surface area contributed by atoms with Crippen LogP contribution >= 0.6 is 12.4 Å². The van der Waals surface area contributed by atoms with Crippen LogP contribution in [-0.4, -0.2) is 41.8 Å². The summed E-state index contributed by atoms with van der Waals surface area (Å²) in [6.07, 6.45) is 1.76. The Balaban J connectivity index is 0.00000288. The molecule has 0 aromatic heterocycles. The topological polar surface area (TPSA) is 91.2 Å². The van der Waals surface area contributed by atoms with Crippen LogP contribution in [0.25, 0.3) is 0 Å². The second kappa shape index (κ2) is 9.35. The minimum absolute atomic E-state index is 0. The minimum Gasteiger partial charge on any atom is -0.384 e. The van der Waals surface area contributed by atoms with Crippen molar-refractivity contribution in [1.29, 1.82) is 5.26 Å². The average molecular weight is 374 g/mol. The summed E-state index contributed by atoms with van der Waals surface area (Å²) in [7, 11) is -1.81. The molecule has 1 aromatic carbocycles. The van der Waals surface area contributed by atoms with E-state index in [1.807, 2.05) is 6.07 Å². The number of sulfonamides is 1. The van der Waals surface area contributed by atoms with E-state index in [1.165, 1.54) is 0 Å². The minimum atomic E-state index is -3.45. The van der Waals surface area contributed by atoms with Crippen LogP contribution in [0.15, 0.2) is 24.3 Å². The lowest BCUT2D eigenvalue weighted by atomic mass is 9.80. The zero-order valence-corrected chi connectivity index (χ0v) is 15.4. The summed E-state index contributed by atoms with van der Waals surface area (Å²) >= 11 is 0. The highest BCUT2D eigenvalue weighted by Gasteiger charge is 2.33. The van der Waals surface area contributed by atoms with Crippen LogP contribution < -0.4 is 10.0 Å². The van der Waals surface area contributed by atoms with E-state index in [2.05, 4.69) is 10.0 Å². The van der Waals surface area contributed by atoms with E-state index >= 15 is 0 Å². The molecule has 2 rings (SSSR count). The molecular formula is C16H24ClN3O3S. The van der Waals surface area contributed by atoms with Crippen molar-refractivity contribution in [3.05, 3.63) is 35.4 Å². The van der Waals surface area contributed by atoms with Gasteiger partial charge in [-0.25, -0.2) is 13.1 Å². The van der Waals surface area contributed by atoms with Gasteiger partial charge in [-0.3, -0.25) is 0 Å². The van der Waals surface area contributed by atoms with Crippen LogP contribution in [0.1, 0.15) is 24.0 Å². The number of benzene rings is 1. The van der Waals surface area contributed by atoms with Gasteiger partial charge in [0.25, 0.3) is 0 Å². The Bertz CT molecular complexity index is 662. The molecule has 0 spiro atoms. The van der Waals surface area contributed by atoms with E-state index in [4.69, 9.17) is 10.00 Å². The Morgan fingerprint density at radius 1 is 1.38 bits per heavy atom. The Morgan fingerprint density at radius 2 is 2.08 bits per heavy atom. The third-order valence-electron chi connectivity index (χ3n) is 4.19. The second-order valence-corrected chi connectivity index (χ2v) is 7.88. The molecule has 6 nitrogen and oxygen atoms in total. The first kappa shape index (κ1) is 20.9. The molecule has 0 aliphatic carbocycles. The zero-order valence-electron chi connectivity index (χ0n) is 13.7. The van der Waals surface area contributed by atoms with Gasteiger partial charge < -0.3 is 10.1 Å². The van der Waals surface area contributed by atoms with Crippen LogP contribution in [-0.2, 0) is 20.5 Å². The zero-order chi connectivity index (χ0) is 16.8. The number of methoxy groups -OCH3 is 1. The molecule has 24 heavy (non-hydrogen) atoms. The maximum atomic E-state index is 12.3. The van der Waals surface area contributed by atoms with E-state index in [0.717, 1.165) is 25.9 Å². The smallest absolute Gasteiger partial charge is 0.215 e. The third-order valence-corrected chi connectivity index (χ3v) is 5.49. The number of hydrogen-bond acceptors (Lipinski definition) is 5. The first-order valence-electron chi connectivity index (χ1n) is 7.65. The fourth-order valence-electron chi connectivity index (χ4n) is 2.90. The molecule has 1 aliphatic heterocycles. The van der Waals surface area contributed by atoms with Gasteiger partial charge in [0.05, 0.1) is 24.0 Å². The van der Waals surface area contributed by atoms with Crippen molar-refractivity contribution in [3.63, 3.8) is 0 Å². The molecule has 1 saturated heterocycles. The van der Waals surface area contributed by atoms with Crippen molar-refractivity contribution in [2.45, 2.75) is 18.6 Å². The second-order valence-electron chi connectivity index (χ2n) is 6.08. The van der Waals surface area contributed by atoms with Gasteiger partial charge in [0, 0.05) is 19.1 Å². The molecule has 8 heteroatoms. The van der Waals surface area contributed by atoms with Gasteiger partial charge in [-0.1, -0.05) is 12.1 Å². The molecule has 0 unspecified atom stereocenters. The number of ether oxygens (including phenoxy) is 1. The summed E-state index contributed by atoms with van der Waals surface area (Å²) in [6, 6.07) is 8.70. The highest BCUT2D eigenvalue weighted by Crippen LogP contribution is 2.28. The number of nitrogens with one attached hydrogen (secondary N) is 2. The lowest BCUT2D eigenvalue weighted by Crippen LogP contribution is -2.47. The van der Waals surface area contributed by atoms with E-state index in [0.29, 0.717) is 24.3 Å². The summed E-state index contributed by atoms with van der Waals surface area (Å²) < 4.78 is 32.7. The van der Waals surface area contributed by atoms with E-state index < -0.39 is 10.0 Å². The van der Waals surface area contributed by atoms with Gasteiger partial charge in [-0.05, 0) is 43.6 Å². The normalized spacial score (nSPS) is 16.8. The number of nitriles is 1. The maximum Gasteiger partial charge on any atom is 0.215 e. The van der Waals surface area contributed by atoms with Gasteiger partial charge in [0.2, 0.25) is 10.0 Å². The van der Waals surface area contributed by atoms with Crippen molar-refractivity contribution in [1.82, 2.24) is 10.0 Å². The van der Waals surface area contributed by atoms with E-state index in [1.54, 1.807) is 31.4 Å². The van der Waals surface area contributed by atoms with Crippen molar-refractivity contribution in [3.8, 4) is 6.07 Å². The van der Waals surface area contributed by atoms with Gasteiger partial charge in [0.15, 0.2) is 0 Å². The largest absolute Gasteiger partial charge is 0.384 e. The lowest BCUT2D eigenvalue weighted by molar-refractivity contribution is 0.0577. The Morgan fingerprint density at radius 3 is 2.71 bits per heavy atom. The molecule has 1 heterocycles. The quantitative estimate of drug-likeness (QED) is 0.754. The predicted octanol–water partition coefficient (Wildman–Crippen LogP) is 1.42. The Kier molecular flexibility index (Phi) is 8.13. The summed E-state index contributed by atoms with van der Waals surface area (Å²) in [6.45, 7) is 2.66. The summed E-state index contributed by atoms with van der Waals surface area (Å²) in [4.78, 5) is 0. The van der Waals surface area contributed by atoms with Crippen LogP contribution in [0.2, 0.25) is 0 Å². The fourth-order valence-corrected chi connectivity index (χ4v) is 4.15. The van der Waals surface area contributed by atoms with Gasteiger partial charge in [-0.2, -0.15) is 5.26 Å². The highest BCUT2D eigenvalue weighted by atomic mass is 35.5. The Hall–Kier alpha value is -1.17. The monoisotopic (exact) mass is 373 g/mol. The maximum absolute atomic E-state index is 12.3. The first-order chi connectivity index (χ1) is 11.0. The average Bonchev–Trinajstić information content (AvgIpc) is 2.54. The third kappa shape index (κ3) is 6.04. The van der Waals surface area contributed by atoms with Crippen LogP contribution in [0, 0.1) is 16.7 Å². The number of hydrogen-bond donors (Lipinski definition) is 2. The summed E-state index contributed by atoms with van der Waals surface area (Å²) in [5.74, 6) is -0.121. The first-order valence-corrected chi connectivity index (χ1v) is 9.30. The van der Waals surface area contributed by atoms with Crippen molar-refractivity contribution in [2.75, 3.05) is 33.4 Å². The predicted molar refractivity (Wildman–Crippen MR) is 95.4 cm³/mol. The van der Waals surface area contributed by atoms with Crippen LogP contribution in [0.5, 0.6) is 0 Å². The van der Waals surface area contributed by atoms with Crippen molar-refractivity contribution < 1.29 is 13.2 Å². The Labute approximate surface area is 150 Å². The molecule has 0 bridgehead atoms. The SMILES string of the molecule is COCC1(CNS(=O)(=O)Cc2cccc(C#N)c2)CCNCC1.Cl. The molecule has 0 radical (unpaired) electrons. The molecule has 1 aromatic rings. The van der Waals surface area contributed by atoms with Crippen LogP contribution in [0.4, 0.5) is 0 Å². The number of piperidine rings is 1. The van der Waals surface area contributed by atoms with Gasteiger partial charge in [0.1, 0.15) is 0 Å². The van der Waals surface area contributed by atoms with Gasteiger partial charge in [-0.15, -0.1) is 12.4 Å². The number of halogens is 1. The fraction of sp³-hybridized carbons (Fsp3) is 0.562. The number of rotatable bonds is 7. The van der Waals surface area contributed by atoms with Gasteiger partial charge >= 0.3 is 0 Å². The molecular weight excluding hydrogens is 350 g/mol. The van der Waals surface area contributed by atoms with E-state index in [-0.39, 0.29) is 23.6 Å². The molecule has 0 amide bonds. The lowest BCUT2D eigenvalue weighted by Gasteiger charge is -2.37. The molecule has 1 fully saturated rings. The highest BCUT2D eigenvalue weighted by molar-refractivity contribution is 7.88. The number of nitrogens with zero attached hydrogens (tertiary/aromatic N) is 1. The standard InChI is InChI=1S/C16H23N3O3S.ClH/c1-22-13-16(5-7-18-8-6-16)12-19-23(20,21)11-15-4-2-3-14(9-15)10-17;/h2-4,9,18-19H,5-8,11-13H2,1H3;1H. The summed E-state index contributed by atoms with van der Waals surface area (Å²) in [5.41, 5.74) is 0.927. The molecule has 1 aliphatic rings. The molecule has 134 valence electrons. The molecule has 0 saturated carbocycles. The van der Waals surface area contributed by atoms with Crippen molar-refractivity contribution in [2.24, 2.45) is 5.41 Å².